The third kappa shape index (κ3) is 7.14. The van der Waals surface area contributed by atoms with Gasteiger partial charge in [0.2, 0.25) is 5.91 Å². The quantitative estimate of drug-likeness (QED) is 0.260. The average molecular weight is 502 g/mol. The summed E-state index contributed by atoms with van der Waals surface area (Å²) in [5.41, 5.74) is 2.29. The number of carbonyl (C=O) groups excluding carboxylic acids is 1. The summed E-state index contributed by atoms with van der Waals surface area (Å²) >= 11 is 0. The number of likely N-dealkylation sites (tertiary alicyclic amines) is 1. The minimum absolute atomic E-state index is 0. The third-order valence-corrected chi connectivity index (χ3v) is 4.70. The van der Waals surface area contributed by atoms with Crippen LogP contribution in [0.15, 0.2) is 23.2 Å². The Bertz CT molecular complexity index is 644. The number of aliphatic imine (C=N–C) groups is 1. The number of guanidine groups is 1. The first kappa shape index (κ1) is 24.5. The molecule has 28 heavy (non-hydrogen) atoms. The third-order valence-electron chi connectivity index (χ3n) is 4.70. The molecule has 6 nitrogen and oxygen atoms in total. The van der Waals surface area contributed by atoms with Crippen LogP contribution in [0, 0.1) is 19.8 Å². The van der Waals surface area contributed by atoms with E-state index in [0.29, 0.717) is 13.2 Å². The van der Waals surface area contributed by atoms with E-state index < -0.39 is 0 Å². The van der Waals surface area contributed by atoms with Gasteiger partial charge in [0.1, 0.15) is 12.4 Å². The standard InChI is InChI=1S/C21H34N4O2.HI/c1-6-22-21(24-18-10-12-25(14-18)20(26)15(2)3)23-11-13-27-19-16(4)8-7-9-17(19)5;/h7-9,15,18H,6,10-14H2,1-5H3,(H2,22,23,24);1H. The summed E-state index contributed by atoms with van der Waals surface area (Å²) in [5.74, 6) is 2.01. The molecular weight excluding hydrogens is 467 g/mol. The highest BCUT2D eigenvalue weighted by Crippen LogP contribution is 2.22. The van der Waals surface area contributed by atoms with Gasteiger partial charge in [0.15, 0.2) is 5.96 Å². The van der Waals surface area contributed by atoms with Crippen LogP contribution in [0.25, 0.3) is 0 Å². The highest BCUT2D eigenvalue weighted by atomic mass is 127. The van der Waals surface area contributed by atoms with Gasteiger partial charge in [-0.25, -0.2) is 4.99 Å². The zero-order valence-electron chi connectivity index (χ0n) is 17.7. The number of aryl methyl sites for hydroxylation is 2. The lowest BCUT2D eigenvalue weighted by molar-refractivity contribution is -0.133. The number of para-hydroxylation sites is 1. The second kappa shape index (κ2) is 12.1. The maximum absolute atomic E-state index is 12.1. The van der Waals surface area contributed by atoms with Crippen LogP contribution >= 0.6 is 24.0 Å². The second-order valence-corrected chi connectivity index (χ2v) is 7.40. The largest absolute Gasteiger partial charge is 0.491 e. The van der Waals surface area contributed by atoms with Crippen molar-refractivity contribution in [1.29, 1.82) is 0 Å². The Hall–Kier alpha value is -1.51. The van der Waals surface area contributed by atoms with Crippen LogP contribution in [-0.2, 0) is 4.79 Å². The van der Waals surface area contributed by atoms with Gasteiger partial charge in [-0.3, -0.25) is 4.79 Å². The topological polar surface area (TPSA) is 66.0 Å². The van der Waals surface area contributed by atoms with Gasteiger partial charge in [-0.15, -0.1) is 24.0 Å². The Balaban J connectivity index is 0.00000392. The first-order valence-corrected chi connectivity index (χ1v) is 9.95. The SMILES string of the molecule is CCNC(=NCCOc1c(C)cccc1C)NC1CCN(C(=O)C(C)C)C1.I. The van der Waals surface area contributed by atoms with Crippen LogP contribution in [0.3, 0.4) is 0 Å². The predicted octanol–water partition coefficient (Wildman–Crippen LogP) is 3.11. The maximum Gasteiger partial charge on any atom is 0.225 e. The Labute approximate surface area is 186 Å². The van der Waals surface area contributed by atoms with Gasteiger partial charge in [-0.1, -0.05) is 32.0 Å². The van der Waals surface area contributed by atoms with Crippen LogP contribution in [-0.4, -0.2) is 55.6 Å². The fourth-order valence-electron chi connectivity index (χ4n) is 3.29. The molecule has 0 saturated carbocycles. The molecule has 1 atom stereocenters. The Morgan fingerprint density at radius 3 is 2.61 bits per heavy atom. The number of carbonyl (C=O) groups is 1. The Morgan fingerprint density at radius 2 is 2.00 bits per heavy atom. The number of rotatable bonds is 7. The molecule has 1 heterocycles. The highest BCUT2D eigenvalue weighted by Gasteiger charge is 2.27. The van der Waals surface area contributed by atoms with Crippen LogP contribution in [0.1, 0.15) is 38.3 Å². The minimum atomic E-state index is 0. The normalized spacial score (nSPS) is 16.7. The fourth-order valence-corrected chi connectivity index (χ4v) is 3.29. The van der Waals surface area contributed by atoms with Gasteiger partial charge >= 0.3 is 0 Å². The van der Waals surface area contributed by atoms with Gasteiger partial charge in [-0.05, 0) is 38.3 Å². The monoisotopic (exact) mass is 502 g/mol. The summed E-state index contributed by atoms with van der Waals surface area (Å²) in [5, 5.41) is 6.73. The van der Waals surface area contributed by atoms with E-state index in [9.17, 15) is 4.79 Å². The first-order valence-electron chi connectivity index (χ1n) is 9.95. The summed E-state index contributed by atoms with van der Waals surface area (Å²) in [7, 11) is 0. The van der Waals surface area contributed by atoms with Crippen molar-refractivity contribution in [3.63, 3.8) is 0 Å². The molecule has 2 N–H and O–H groups in total. The van der Waals surface area contributed by atoms with Gasteiger partial charge in [0.25, 0.3) is 0 Å². The van der Waals surface area contributed by atoms with E-state index in [1.54, 1.807) is 0 Å². The first-order chi connectivity index (χ1) is 12.9. The van der Waals surface area contributed by atoms with E-state index in [4.69, 9.17) is 4.74 Å². The van der Waals surface area contributed by atoms with E-state index in [0.717, 1.165) is 48.9 Å². The van der Waals surface area contributed by atoms with Crippen molar-refractivity contribution in [3.05, 3.63) is 29.3 Å². The van der Waals surface area contributed by atoms with Crippen molar-refractivity contribution in [1.82, 2.24) is 15.5 Å². The van der Waals surface area contributed by atoms with Crippen molar-refractivity contribution in [3.8, 4) is 5.75 Å². The number of nitrogens with zero attached hydrogens (tertiary/aromatic N) is 2. The van der Waals surface area contributed by atoms with Crippen LogP contribution in [0.2, 0.25) is 0 Å². The summed E-state index contributed by atoms with van der Waals surface area (Å²) in [6.07, 6.45) is 0.946. The van der Waals surface area contributed by atoms with Gasteiger partial charge in [0.05, 0.1) is 6.54 Å². The van der Waals surface area contributed by atoms with E-state index in [1.807, 2.05) is 31.7 Å². The Morgan fingerprint density at radius 1 is 1.32 bits per heavy atom. The molecule has 1 unspecified atom stereocenters. The molecule has 0 aromatic heterocycles. The fraction of sp³-hybridized carbons (Fsp3) is 0.619. The number of nitrogens with one attached hydrogen (secondary N) is 2. The van der Waals surface area contributed by atoms with Crippen molar-refractivity contribution in [2.75, 3.05) is 32.8 Å². The van der Waals surface area contributed by atoms with Crippen LogP contribution in [0.4, 0.5) is 0 Å². The number of halogens is 1. The molecule has 2 rings (SSSR count). The van der Waals surface area contributed by atoms with Gasteiger partial charge < -0.3 is 20.3 Å². The van der Waals surface area contributed by atoms with E-state index >= 15 is 0 Å². The molecular formula is C21H35IN4O2. The molecule has 1 aromatic carbocycles. The lowest BCUT2D eigenvalue weighted by Crippen LogP contribution is -2.45. The zero-order valence-corrected chi connectivity index (χ0v) is 20.1. The number of amides is 1. The van der Waals surface area contributed by atoms with Crippen molar-refractivity contribution in [2.45, 2.75) is 47.1 Å². The summed E-state index contributed by atoms with van der Waals surface area (Å²) in [6.45, 7) is 13.5. The lowest BCUT2D eigenvalue weighted by atomic mass is 10.1. The average Bonchev–Trinajstić information content (AvgIpc) is 3.08. The van der Waals surface area contributed by atoms with Crippen molar-refractivity contribution in [2.24, 2.45) is 10.9 Å². The summed E-state index contributed by atoms with van der Waals surface area (Å²) in [6, 6.07) is 6.39. The molecule has 1 aliphatic heterocycles. The van der Waals surface area contributed by atoms with E-state index in [-0.39, 0.29) is 41.8 Å². The number of hydrogen-bond donors (Lipinski definition) is 2. The molecule has 0 aliphatic carbocycles. The molecule has 158 valence electrons. The summed E-state index contributed by atoms with van der Waals surface area (Å²) < 4.78 is 5.93. The number of hydrogen-bond acceptors (Lipinski definition) is 3. The summed E-state index contributed by atoms with van der Waals surface area (Å²) in [4.78, 5) is 18.7. The number of ether oxygens (including phenoxy) is 1. The molecule has 1 saturated heterocycles. The maximum atomic E-state index is 12.1. The van der Waals surface area contributed by atoms with Gasteiger partial charge in [0, 0.05) is 31.6 Å². The van der Waals surface area contributed by atoms with E-state index in [1.165, 1.54) is 0 Å². The van der Waals surface area contributed by atoms with Crippen molar-refractivity contribution >= 4 is 35.8 Å². The molecule has 7 heteroatoms. The predicted molar refractivity (Wildman–Crippen MR) is 126 cm³/mol. The second-order valence-electron chi connectivity index (χ2n) is 7.40. The molecule has 1 fully saturated rings. The molecule has 1 aliphatic rings. The zero-order chi connectivity index (χ0) is 19.8. The molecule has 0 bridgehead atoms. The molecule has 0 spiro atoms. The Kier molecular flexibility index (Phi) is 10.6. The number of benzene rings is 1. The highest BCUT2D eigenvalue weighted by molar-refractivity contribution is 14.0. The molecule has 1 amide bonds. The van der Waals surface area contributed by atoms with Crippen LogP contribution in [0.5, 0.6) is 5.75 Å². The van der Waals surface area contributed by atoms with Crippen molar-refractivity contribution < 1.29 is 9.53 Å². The van der Waals surface area contributed by atoms with Gasteiger partial charge in [-0.2, -0.15) is 0 Å². The smallest absolute Gasteiger partial charge is 0.225 e. The van der Waals surface area contributed by atoms with Crippen LogP contribution < -0.4 is 15.4 Å². The lowest BCUT2D eigenvalue weighted by Gasteiger charge is -2.20. The molecule has 0 radical (unpaired) electrons. The van der Waals surface area contributed by atoms with E-state index in [2.05, 4.69) is 41.6 Å². The molecule has 1 aromatic rings. The minimum Gasteiger partial charge on any atom is -0.491 e.